The number of rotatable bonds is 2. The molecule has 1 spiro atoms. The average Bonchev–Trinajstić information content (AvgIpc) is 3.15. The van der Waals surface area contributed by atoms with Gasteiger partial charge in [0.1, 0.15) is 17.6 Å². The summed E-state index contributed by atoms with van der Waals surface area (Å²) in [6, 6.07) is 8.87. The Morgan fingerprint density at radius 2 is 2.23 bits per heavy atom. The fourth-order valence-corrected chi connectivity index (χ4v) is 3.79. The fourth-order valence-electron chi connectivity index (χ4n) is 3.79. The van der Waals surface area contributed by atoms with E-state index in [-0.39, 0.29) is 12.5 Å². The molecule has 0 saturated carbocycles. The number of carboxylic acid groups (broad SMARTS) is 1. The second-order valence-corrected chi connectivity index (χ2v) is 5.79. The molecule has 2 fully saturated rings. The standard InChI is InChI=1S/C16H12N2O4/c17-7-9-3-1-2-4-10(9)18-8-16-6-5-11(22-16)12(15(20)21)13(16)14(18)19/h1-6,11-13H,8H2,(H,20,21)/t11-,12-,13-,16+/m0/s1. The highest BCUT2D eigenvalue weighted by atomic mass is 16.5. The molecule has 3 aliphatic heterocycles. The zero-order valence-electron chi connectivity index (χ0n) is 11.5. The number of hydrogen-bond donors (Lipinski definition) is 1. The van der Waals surface area contributed by atoms with Crippen molar-refractivity contribution in [3.63, 3.8) is 0 Å². The van der Waals surface area contributed by atoms with Crippen molar-refractivity contribution in [2.75, 3.05) is 11.4 Å². The monoisotopic (exact) mass is 296 g/mol. The molecule has 6 nitrogen and oxygen atoms in total. The fraction of sp³-hybridized carbons (Fsp3) is 0.312. The summed E-state index contributed by atoms with van der Waals surface area (Å²) in [5, 5.41) is 18.6. The summed E-state index contributed by atoms with van der Waals surface area (Å²) >= 11 is 0. The van der Waals surface area contributed by atoms with Crippen LogP contribution >= 0.6 is 0 Å². The van der Waals surface area contributed by atoms with Gasteiger partial charge in [0.15, 0.2) is 0 Å². The van der Waals surface area contributed by atoms with Gasteiger partial charge in [-0.25, -0.2) is 0 Å². The Bertz CT molecular complexity index is 766. The van der Waals surface area contributed by atoms with Gasteiger partial charge in [-0.2, -0.15) is 5.26 Å². The lowest BCUT2D eigenvalue weighted by Crippen LogP contribution is -2.39. The molecule has 1 aromatic rings. The first-order chi connectivity index (χ1) is 10.6. The Kier molecular flexibility index (Phi) is 2.48. The molecule has 3 heterocycles. The predicted molar refractivity (Wildman–Crippen MR) is 74.9 cm³/mol. The minimum atomic E-state index is -1.02. The van der Waals surface area contributed by atoms with Crippen molar-refractivity contribution in [3.05, 3.63) is 42.0 Å². The number of nitriles is 1. The molecule has 4 atom stereocenters. The van der Waals surface area contributed by atoms with E-state index in [1.165, 1.54) is 4.90 Å². The van der Waals surface area contributed by atoms with Crippen LogP contribution in [-0.2, 0) is 14.3 Å². The molecule has 110 valence electrons. The maximum atomic E-state index is 12.8. The van der Waals surface area contributed by atoms with Crippen LogP contribution in [0.4, 0.5) is 5.69 Å². The minimum Gasteiger partial charge on any atom is -0.481 e. The highest BCUT2D eigenvalue weighted by Gasteiger charge is 2.67. The SMILES string of the molecule is N#Cc1ccccc1N1C[C@@]23C=C[C@H](O2)[C@H](C(=O)O)[C@H]3C1=O. The number of aliphatic carboxylic acids is 1. The third-order valence-electron chi connectivity index (χ3n) is 4.70. The maximum absolute atomic E-state index is 12.8. The van der Waals surface area contributed by atoms with Gasteiger partial charge in [-0.3, -0.25) is 9.59 Å². The Hall–Kier alpha value is -2.65. The van der Waals surface area contributed by atoms with Gasteiger partial charge >= 0.3 is 5.97 Å². The summed E-state index contributed by atoms with van der Waals surface area (Å²) in [4.78, 5) is 25.8. The quantitative estimate of drug-likeness (QED) is 0.820. The van der Waals surface area contributed by atoms with E-state index >= 15 is 0 Å². The lowest BCUT2D eigenvalue weighted by atomic mass is 9.77. The van der Waals surface area contributed by atoms with Crippen LogP contribution in [-0.4, -0.2) is 35.2 Å². The number of hydrogen-bond acceptors (Lipinski definition) is 4. The molecule has 3 aliphatic rings. The van der Waals surface area contributed by atoms with E-state index in [0.29, 0.717) is 11.3 Å². The van der Waals surface area contributed by atoms with E-state index in [9.17, 15) is 20.0 Å². The Labute approximate surface area is 126 Å². The molecule has 1 amide bonds. The van der Waals surface area contributed by atoms with Crippen molar-refractivity contribution in [2.45, 2.75) is 11.7 Å². The summed E-state index contributed by atoms with van der Waals surface area (Å²) in [7, 11) is 0. The van der Waals surface area contributed by atoms with Crippen molar-refractivity contribution in [3.8, 4) is 6.07 Å². The lowest BCUT2D eigenvalue weighted by Gasteiger charge is -2.22. The molecule has 1 N–H and O–H groups in total. The number of carboxylic acids is 1. The molecular weight excluding hydrogens is 284 g/mol. The van der Waals surface area contributed by atoms with E-state index in [1.54, 1.807) is 36.4 Å². The van der Waals surface area contributed by atoms with E-state index in [0.717, 1.165) is 0 Å². The smallest absolute Gasteiger partial charge is 0.310 e. The van der Waals surface area contributed by atoms with Gasteiger partial charge in [-0.05, 0) is 12.1 Å². The molecule has 6 heteroatoms. The van der Waals surface area contributed by atoms with Gasteiger partial charge in [0.2, 0.25) is 5.91 Å². The molecule has 0 unspecified atom stereocenters. The molecule has 2 saturated heterocycles. The van der Waals surface area contributed by atoms with Gasteiger partial charge in [0, 0.05) is 0 Å². The zero-order chi connectivity index (χ0) is 15.5. The number of benzene rings is 1. The third kappa shape index (κ3) is 1.46. The van der Waals surface area contributed by atoms with Crippen LogP contribution in [0.3, 0.4) is 0 Å². The van der Waals surface area contributed by atoms with Crippen LogP contribution in [0.15, 0.2) is 36.4 Å². The Balaban J connectivity index is 1.79. The van der Waals surface area contributed by atoms with Gasteiger partial charge in [0.05, 0.1) is 29.8 Å². The Morgan fingerprint density at radius 1 is 1.45 bits per heavy atom. The molecule has 0 aliphatic carbocycles. The van der Waals surface area contributed by atoms with Crippen LogP contribution in [0.5, 0.6) is 0 Å². The Morgan fingerprint density at radius 3 is 2.95 bits per heavy atom. The van der Waals surface area contributed by atoms with Crippen molar-refractivity contribution in [1.29, 1.82) is 5.26 Å². The number of nitrogens with zero attached hydrogens (tertiary/aromatic N) is 2. The second kappa shape index (κ2) is 4.18. The molecular formula is C16H12N2O4. The van der Waals surface area contributed by atoms with Crippen LogP contribution in [0, 0.1) is 23.2 Å². The van der Waals surface area contributed by atoms with Crippen molar-refractivity contribution < 1.29 is 19.4 Å². The number of para-hydroxylation sites is 1. The number of fused-ring (bicyclic) bond motifs is 1. The summed E-state index contributed by atoms with van der Waals surface area (Å²) < 4.78 is 5.82. The number of amides is 1. The first kappa shape index (κ1) is 13.0. The molecule has 22 heavy (non-hydrogen) atoms. The summed E-state index contributed by atoms with van der Waals surface area (Å²) in [5.41, 5.74) is 0.00823. The van der Waals surface area contributed by atoms with E-state index in [4.69, 9.17) is 4.74 Å². The molecule has 1 aromatic carbocycles. The maximum Gasteiger partial charge on any atom is 0.310 e. The van der Waals surface area contributed by atoms with Crippen LogP contribution in [0.1, 0.15) is 5.56 Å². The van der Waals surface area contributed by atoms with E-state index < -0.39 is 29.5 Å². The number of carbonyl (C=O) groups is 2. The van der Waals surface area contributed by atoms with Gasteiger partial charge in [-0.15, -0.1) is 0 Å². The lowest BCUT2D eigenvalue weighted by molar-refractivity contribution is -0.146. The van der Waals surface area contributed by atoms with Crippen LogP contribution < -0.4 is 4.90 Å². The summed E-state index contributed by atoms with van der Waals surface area (Å²) in [6.07, 6.45) is 2.98. The number of carbonyl (C=O) groups excluding carboxylic acids is 1. The largest absolute Gasteiger partial charge is 0.481 e. The van der Waals surface area contributed by atoms with Crippen molar-refractivity contribution in [1.82, 2.24) is 0 Å². The highest BCUT2D eigenvalue weighted by molar-refractivity contribution is 6.03. The molecule has 4 rings (SSSR count). The summed E-state index contributed by atoms with van der Waals surface area (Å²) in [5.74, 6) is -2.91. The zero-order valence-corrected chi connectivity index (χ0v) is 11.5. The first-order valence-electron chi connectivity index (χ1n) is 6.98. The highest BCUT2D eigenvalue weighted by Crippen LogP contribution is 2.52. The molecule has 2 bridgehead atoms. The molecule has 0 aromatic heterocycles. The van der Waals surface area contributed by atoms with Crippen molar-refractivity contribution >= 4 is 17.6 Å². The van der Waals surface area contributed by atoms with Crippen LogP contribution in [0.2, 0.25) is 0 Å². The van der Waals surface area contributed by atoms with Gasteiger partial charge in [-0.1, -0.05) is 24.3 Å². The van der Waals surface area contributed by atoms with Gasteiger partial charge in [0.25, 0.3) is 0 Å². The number of ether oxygens (including phenoxy) is 1. The van der Waals surface area contributed by atoms with E-state index in [1.807, 2.05) is 0 Å². The summed E-state index contributed by atoms with van der Waals surface area (Å²) in [6.45, 7) is 0.242. The molecule has 0 radical (unpaired) electrons. The van der Waals surface area contributed by atoms with E-state index in [2.05, 4.69) is 6.07 Å². The first-order valence-corrected chi connectivity index (χ1v) is 6.98. The topological polar surface area (TPSA) is 90.6 Å². The average molecular weight is 296 g/mol. The third-order valence-corrected chi connectivity index (χ3v) is 4.70. The second-order valence-electron chi connectivity index (χ2n) is 5.79. The normalized spacial score (nSPS) is 34.8. The van der Waals surface area contributed by atoms with Gasteiger partial charge < -0.3 is 14.7 Å². The number of anilines is 1. The van der Waals surface area contributed by atoms with Crippen molar-refractivity contribution in [2.24, 2.45) is 11.8 Å². The minimum absolute atomic E-state index is 0.242. The predicted octanol–water partition coefficient (Wildman–Crippen LogP) is 0.929. The van der Waals surface area contributed by atoms with Crippen LogP contribution in [0.25, 0.3) is 0 Å².